The fourth-order valence-corrected chi connectivity index (χ4v) is 4.39. The number of hydrogen-bond acceptors (Lipinski definition) is 5. The first-order valence-electron chi connectivity index (χ1n) is 7.88. The molecule has 2 amide bonds. The fourth-order valence-electron chi connectivity index (χ4n) is 3.24. The Bertz CT molecular complexity index is 621. The van der Waals surface area contributed by atoms with E-state index >= 15 is 0 Å². The lowest BCUT2D eigenvalue weighted by Crippen LogP contribution is -2.48. The Morgan fingerprint density at radius 3 is 2.91 bits per heavy atom. The highest BCUT2D eigenvalue weighted by atomic mass is 32.1. The van der Waals surface area contributed by atoms with Crippen LogP contribution < -0.4 is 11.1 Å². The molecule has 0 aromatic carbocycles. The molecule has 1 saturated heterocycles. The molecule has 1 aromatic rings. The molecule has 2 aliphatic rings. The molecule has 1 unspecified atom stereocenters. The lowest BCUT2D eigenvalue weighted by Gasteiger charge is -2.29. The van der Waals surface area contributed by atoms with Crippen molar-refractivity contribution in [2.75, 3.05) is 18.4 Å². The molecule has 1 aromatic heterocycles. The number of anilines is 1. The van der Waals surface area contributed by atoms with Gasteiger partial charge < -0.3 is 16.0 Å². The number of hydrogen-bond donors (Lipinski definition) is 2. The van der Waals surface area contributed by atoms with E-state index in [0.29, 0.717) is 24.5 Å². The van der Waals surface area contributed by atoms with Gasteiger partial charge in [-0.25, -0.2) is 9.37 Å². The second-order valence-corrected chi connectivity index (χ2v) is 7.35. The molecule has 0 bridgehead atoms. The topological polar surface area (TPSA) is 88.3 Å². The van der Waals surface area contributed by atoms with Gasteiger partial charge in [-0.3, -0.25) is 9.59 Å². The number of likely N-dealkylation sites (tertiary alicyclic amines) is 1. The number of halogens is 1. The van der Waals surface area contributed by atoms with Crippen molar-refractivity contribution in [2.45, 2.75) is 44.8 Å². The molecule has 8 heteroatoms. The minimum atomic E-state index is -0.925. The van der Waals surface area contributed by atoms with E-state index < -0.39 is 12.2 Å². The van der Waals surface area contributed by atoms with Crippen LogP contribution in [0.15, 0.2) is 0 Å². The zero-order valence-electron chi connectivity index (χ0n) is 13.0. The van der Waals surface area contributed by atoms with Gasteiger partial charge in [-0.15, -0.1) is 11.3 Å². The number of carbonyl (C=O) groups is 2. The number of amides is 2. The van der Waals surface area contributed by atoms with Crippen molar-refractivity contribution < 1.29 is 14.0 Å². The first-order valence-corrected chi connectivity index (χ1v) is 8.70. The van der Waals surface area contributed by atoms with E-state index in [1.807, 2.05) is 0 Å². The largest absolute Gasteiger partial charge is 0.338 e. The number of alkyl halides is 1. The summed E-state index contributed by atoms with van der Waals surface area (Å²) in [7, 11) is 0. The van der Waals surface area contributed by atoms with Gasteiger partial charge in [0.15, 0.2) is 5.13 Å². The van der Waals surface area contributed by atoms with E-state index in [1.165, 1.54) is 18.3 Å². The number of rotatable bonds is 3. The van der Waals surface area contributed by atoms with Crippen molar-refractivity contribution in [2.24, 2.45) is 11.7 Å². The van der Waals surface area contributed by atoms with E-state index in [9.17, 15) is 14.0 Å². The van der Waals surface area contributed by atoms with Crippen LogP contribution in [0.5, 0.6) is 0 Å². The summed E-state index contributed by atoms with van der Waals surface area (Å²) < 4.78 is 13.3. The second kappa shape index (κ2) is 6.52. The van der Waals surface area contributed by atoms with Gasteiger partial charge in [0.25, 0.3) is 0 Å². The molecular formula is C15H21FN4O2S. The number of nitrogens with one attached hydrogen (secondary N) is 1. The minimum absolute atomic E-state index is 0.0410. The van der Waals surface area contributed by atoms with Crippen LogP contribution in [-0.2, 0) is 22.4 Å². The fraction of sp³-hybridized carbons (Fsp3) is 0.667. The molecule has 3 rings (SSSR count). The van der Waals surface area contributed by atoms with E-state index in [-0.39, 0.29) is 24.3 Å². The number of fused-ring (bicyclic) bond motifs is 1. The third kappa shape index (κ3) is 3.53. The highest BCUT2D eigenvalue weighted by Gasteiger charge is 2.35. The van der Waals surface area contributed by atoms with Crippen molar-refractivity contribution >= 4 is 28.3 Å². The van der Waals surface area contributed by atoms with Crippen LogP contribution in [0.3, 0.4) is 0 Å². The SMILES string of the molecule is CC(=O)Nc1nc2c(s1)CC([C@H](N)C(=O)N1CC[C@H](F)C1)CC2. The molecule has 6 nitrogen and oxygen atoms in total. The third-order valence-electron chi connectivity index (χ3n) is 4.50. The number of aryl methyl sites for hydroxylation is 1. The maximum atomic E-state index is 13.3. The summed E-state index contributed by atoms with van der Waals surface area (Å²) in [5, 5.41) is 3.30. The smallest absolute Gasteiger partial charge is 0.239 e. The van der Waals surface area contributed by atoms with E-state index in [0.717, 1.165) is 23.4 Å². The quantitative estimate of drug-likeness (QED) is 0.862. The van der Waals surface area contributed by atoms with Gasteiger partial charge in [0.05, 0.1) is 18.3 Å². The Morgan fingerprint density at radius 1 is 1.48 bits per heavy atom. The van der Waals surface area contributed by atoms with Gasteiger partial charge >= 0.3 is 0 Å². The molecule has 23 heavy (non-hydrogen) atoms. The molecule has 0 radical (unpaired) electrons. The monoisotopic (exact) mass is 340 g/mol. The molecule has 2 heterocycles. The summed E-state index contributed by atoms with van der Waals surface area (Å²) in [6, 6.07) is -0.597. The first kappa shape index (κ1) is 16.3. The van der Waals surface area contributed by atoms with Crippen LogP contribution in [0.25, 0.3) is 0 Å². The molecule has 1 aliphatic carbocycles. The zero-order valence-corrected chi connectivity index (χ0v) is 13.9. The van der Waals surface area contributed by atoms with Crippen molar-refractivity contribution in [3.8, 4) is 0 Å². The van der Waals surface area contributed by atoms with Gasteiger partial charge in [-0.05, 0) is 31.6 Å². The first-order chi connectivity index (χ1) is 10.9. The summed E-state index contributed by atoms with van der Waals surface area (Å²) in [6.45, 7) is 2.07. The Labute approximate surface area is 138 Å². The summed E-state index contributed by atoms with van der Waals surface area (Å²) in [6.07, 6.45) is 1.71. The van der Waals surface area contributed by atoms with E-state index in [2.05, 4.69) is 10.3 Å². The molecule has 0 spiro atoms. The average Bonchev–Trinajstić information content (AvgIpc) is 3.09. The van der Waals surface area contributed by atoms with Crippen LogP contribution >= 0.6 is 11.3 Å². The number of carbonyl (C=O) groups excluding carboxylic acids is 2. The van der Waals surface area contributed by atoms with Gasteiger partial charge in [0, 0.05) is 18.3 Å². The molecule has 126 valence electrons. The number of nitrogens with two attached hydrogens (primary N) is 1. The molecule has 1 aliphatic heterocycles. The highest BCUT2D eigenvalue weighted by molar-refractivity contribution is 7.15. The van der Waals surface area contributed by atoms with Crippen molar-refractivity contribution in [3.05, 3.63) is 10.6 Å². The lowest BCUT2D eigenvalue weighted by molar-refractivity contribution is -0.133. The van der Waals surface area contributed by atoms with E-state index in [4.69, 9.17) is 5.73 Å². The van der Waals surface area contributed by atoms with Crippen LogP contribution in [0, 0.1) is 5.92 Å². The standard InChI is InChI=1S/C15H21FN4O2S/c1-8(21)18-15-19-11-3-2-9(6-12(11)23-15)13(17)14(22)20-5-4-10(16)7-20/h9-10,13H,2-7,17H2,1H3,(H,18,19,21)/t9?,10-,13-/m0/s1. The Morgan fingerprint density at radius 2 is 2.26 bits per heavy atom. The summed E-state index contributed by atoms with van der Waals surface area (Å²) in [5.41, 5.74) is 7.15. The van der Waals surface area contributed by atoms with E-state index in [1.54, 1.807) is 4.90 Å². The Kier molecular flexibility index (Phi) is 4.63. The number of thiazole rings is 1. The van der Waals surface area contributed by atoms with Crippen molar-refractivity contribution in [3.63, 3.8) is 0 Å². The minimum Gasteiger partial charge on any atom is -0.338 e. The predicted molar refractivity (Wildman–Crippen MR) is 86.0 cm³/mol. The normalized spacial score (nSPS) is 25.1. The summed E-state index contributed by atoms with van der Waals surface area (Å²) in [4.78, 5) is 30.6. The second-order valence-electron chi connectivity index (χ2n) is 6.27. The maximum Gasteiger partial charge on any atom is 0.239 e. The predicted octanol–water partition coefficient (Wildman–Crippen LogP) is 1.10. The van der Waals surface area contributed by atoms with Crippen LogP contribution in [0.4, 0.5) is 9.52 Å². The van der Waals surface area contributed by atoms with Gasteiger partial charge in [-0.1, -0.05) is 0 Å². The average molecular weight is 340 g/mol. The Balaban J connectivity index is 1.65. The third-order valence-corrected chi connectivity index (χ3v) is 5.53. The van der Waals surface area contributed by atoms with Crippen LogP contribution in [0.1, 0.15) is 30.3 Å². The van der Waals surface area contributed by atoms with Gasteiger partial charge in [-0.2, -0.15) is 0 Å². The van der Waals surface area contributed by atoms with Crippen molar-refractivity contribution in [1.29, 1.82) is 0 Å². The highest BCUT2D eigenvalue weighted by Crippen LogP contribution is 2.33. The summed E-state index contributed by atoms with van der Waals surface area (Å²) >= 11 is 1.45. The van der Waals surface area contributed by atoms with Gasteiger partial charge in [0.1, 0.15) is 6.17 Å². The zero-order chi connectivity index (χ0) is 16.6. The summed E-state index contributed by atoms with van der Waals surface area (Å²) in [5.74, 6) is -0.251. The number of nitrogens with zero attached hydrogens (tertiary/aromatic N) is 2. The maximum absolute atomic E-state index is 13.3. The van der Waals surface area contributed by atoms with Crippen LogP contribution in [-0.4, -0.2) is 47.0 Å². The Hall–Kier alpha value is -1.54. The molecular weight excluding hydrogens is 319 g/mol. The lowest BCUT2D eigenvalue weighted by atomic mass is 9.85. The molecule has 3 atom stereocenters. The molecule has 1 fully saturated rings. The van der Waals surface area contributed by atoms with Crippen LogP contribution in [0.2, 0.25) is 0 Å². The molecule has 0 saturated carbocycles. The molecule has 3 N–H and O–H groups in total. The number of aromatic nitrogens is 1. The van der Waals surface area contributed by atoms with Gasteiger partial charge in [0.2, 0.25) is 11.8 Å². The van der Waals surface area contributed by atoms with Crippen molar-refractivity contribution in [1.82, 2.24) is 9.88 Å².